The fourth-order valence-corrected chi connectivity index (χ4v) is 21.4. The summed E-state index contributed by atoms with van der Waals surface area (Å²) in [5, 5.41) is 0. The van der Waals surface area contributed by atoms with E-state index in [-0.39, 0.29) is 19.5 Å². The average Bonchev–Trinajstić information content (AvgIpc) is 3.63. The zero-order valence-corrected chi connectivity index (χ0v) is 61.2. The number of aryl methyl sites for hydroxylation is 4. The van der Waals surface area contributed by atoms with E-state index in [9.17, 15) is 18.9 Å². The van der Waals surface area contributed by atoms with Crippen LogP contribution in [0.3, 0.4) is 0 Å². The van der Waals surface area contributed by atoms with Crippen molar-refractivity contribution in [3.8, 4) is 0 Å². The Morgan fingerprint density at radius 2 is 0.373 bits per heavy atom. The van der Waals surface area contributed by atoms with Gasteiger partial charge >= 0.3 is 19.5 Å². The van der Waals surface area contributed by atoms with E-state index in [1.54, 1.807) is 0 Å². The normalized spacial score (nSPS) is 11.6. The topological polar surface area (TPSA) is 80.3 Å². The molecule has 0 aliphatic rings. The molecule has 0 spiro atoms. The third kappa shape index (κ3) is 44.4. The molecule has 0 amide bonds. The zero-order valence-electron chi connectivity index (χ0n) is 53.2. The van der Waals surface area contributed by atoms with Crippen molar-refractivity contribution in [2.75, 3.05) is 0 Å². The second-order valence-corrected chi connectivity index (χ2v) is 37.3. The summed E-state index contributed by atoms with van der Waals surface area (Å²) in [5.74, 6) is -7.35. The Bertz CT molecular complexity index is 1880. The smallest absolute Gasteiger partial charge is 0.783 e. The third-order valence-corrected chi connectivity index (χ3v) is 26.6. The van der Waals surface area contributed by atoms with Crippen molar-refractivity contribution in [1.29, 1.82) is 0 Å². The molecule has 4 nitrogen and oxygen atoms in total. The monoisotopic (exact) mass is 1300 g/mol. The van der Waals surface area contributed by atoms with E-state index >= 15 is 0 Å². The molecule has 0 bridgehead atoms. The molecular weight excluding hydrogens is 1180 g/mol. The minimum atomic E-state index is -3.68. The van der Waals surface area contributed by atoms with Crippen LogP contribution in [-0.2, 0) is 54.3 Å². The van der Waals surface area contributed by atoms with Crippen LogP contribution < -0.4 is 9.79 Å². The molecule has 0 aromatic heterocycles. The Kier molecular flexibility index (Phi) is 50.2. The average molecular weight is 1300 g/mol. The first kappa shape index (κ1) is 78.4. The van der Waals surface area contributed by atoms with E-state index in [0.29, 0.717) is 0 Å². The first-order chi connectivity index (χ1) is 40.0. The van der Waals surface area contributed by atoms with Crippen molar-refractivity contribution in [2.45, 2.75) is 330 Å². The van der Waals surface area contributed by atoms with Gasteiger partial charge in [0.2, 0.25) is 0 Å². The van der Waals surface area contributed by atoms with Gasteiger partial charge in [0.05, 0.1) is 0 Å². The van der Waals surface area contributed by atoms with Crippen LogP contribution in [0.1, 0.15) is 307 Å². The van der Waals surface area contributed by atoms with E-state index in [1.165, 1.54) is 279 Å². The molecule has 0 saturated carbocycles. The number of rotatable bonds is 52. The van der Waals surface area contributed by atoms with E-state index in [4.69, 9.17) is 0 Å². The third-order valence-electron chi connectivity index (χ3n) is 15.8. The summed E-state index contributed by atoms with van der Waals surface area (Å²) < 4.78 is 25.7. The fourth-order valence-electron chi connectivity index (χ4n) is 10.7. The quantitative estimate of drug-likeness (QED) is 0.0246. The molecule has 0 radical (unpaired) electrons. The van der Waals surface area contributed by atoms with Gasteiger partial charge in [0.1, 0.15) is 11.5 Å². The van der Waals surface area contributed by atoms with Gasteiger partial charge < -0.3 is 18.9 Å². The van der Waals surface area contributed by atoms with Gasteiger partial charge in [-0.2, -0.15) is 0 Å². The molecule has 0 atom stereocenters. The van der Waals surface area contributed by atoms with Gasteiger partial charge in [-0.05, 0) is 122 Å². The van der Waals surface area contributed by atoms with Crippen molar-refractivity contribution >= 4 is 57.1 Å². The molecule has 0 saturated heterocycles. The number of unbranched alkanes of at least 4 members (excludes halogenated alkanes) is 36. The molecule has 4 aromatic rings. The van der Waals surface area contributed by atoms with Gasteiger partial charge in [0.15, 0.2) is 0 Å². The molecule has 0 unspecified atom stereocenters. The standard InChI is InChI=1S/2C36H59O2PS2.Zn/c2*1-3-5-7-9-11-13-15-17-19-21-23-33-25-29-35(30-26-33)40-39(37,38)41-36-31-27-34(28-32-36)24-22-20-18-16-14-12-10-8-6-4-2;/h2*25-32H,3-24H2,1-2H3,(H,37,38);/q;;+2/p-2. The SMILES string of the molecule is CCCCCCCCCCCCc1ccc(SP(=O)([O-])Sc2ccc(CCCCCCCCCCCC)cc2)cc1.CCCCCCCCCCCCc1ccc(SP(=O)([O-])Sc2ccc(CCCCCCCCCCCC)cc2)cc1.[Zn+2]. The van der Waals surface area contributed by atoms with Crippen LogP contribution in [0.2, 0.25) is 0 Å². The van der Waals surface area contributed by atoms with E-state index in [1.807, 2.05) is 48.5 Å². The second-order valence-electron chi connectivity index (χ2n) is 23.6. The summed E-state index contributed by atoms with van der Waals surface area (Å²) in [6.45, 7) is 9.08. The Morgan fingerprint density at radius 1 is 0.241 bits per heavy atom. The van der Waals surface area contributed by atoms with Gasteiger partial charge in [0, 0.05) is 19.6 Å². The van der Waals surface area contributed by atoms with Crippen LogP contribution in [0.4, 0.5) is 0 Å². The summed E-state index contributed by atoms with van der Waals surface area (Å²) in [6, 6.07) is 32.6. The Balaban J connectivity index is 0.000000560. The Labute approximate surface area is 540 Å². The summed E-state index contributed by atoms with van der Waals surface area (Å²) in [7, 11) is 0. The van der Waals surface area contributed by atoms with Crippen LogP contribution >= 0.6 is 57.1 Å². The van der Waals surface area contributed by atoms with Crippen molar-refractivity contribution in [1.82, 2.24) is 0 Å². The van der Waals surface area contributed by atoms with E-state index < -0.39 is 11.5 Å². The van der Waals surface area contributed by atoms with Crippen LogP contribution in [-0.4, -0.2) is 0 Å². The fraction of sp³-hybridized carbons (Fsp3) is 0.667. The Morgan fingerprint density at radius 3 is 0.518 bits per heavy atom. The van der Waals surface area contributed by atoms with Crippen molar-refractivity contribution in [3.05, 3.63) is 119 Å². The maximum atomic E-state index is 12.8. The summed E-state index contributed by atoms with van der Waals surface area (Å²) in [4.78, 5) is 28.9. The second kappa shape index (κ2) is 53.1. The van der Waals surface area contributed by atoms with E-state index in [2.05, 4.69) is 76.2 Å². The van der Waals surface area contributed by atoms with Crippen molar-refractivity contribution in [3.63, 3.8) is 0 Å². The molecule has 0 aliphatic carbocycles. The zero-order chi connectivity index (χ0) is 58.9. The van der Waals surface area contributed by atoms with Crippen molar-refractivity contribution < 1.29 is 38.4 Å². The van der Waals surface area contributed by atoms with Gasteiger partial charge in [0.25, 0.3) is 0 Å². The van der Waals surface area contributed by atoms with Gasteiger partial charge in [-0.15, -0.1) is 0 Å². The molecule has 0 fully saturated rings. The molecule has 4 rings (SSSR count). The molecule has 0 heterocycles. The Hall–Kier alpha value is -0.717. The minimum Gasteiger partial charge on any atom is -0.783 e. The maximum absolute atomic E-state index is 12.8. The van der Waals surface area contributed by atoms with Gasteiger partial charge in [-0.3, -0.25) is 0 Å². The van der Waals surface area contributed by atoms with Crippen LogP contribution in [0.5, 0.6) is 0 Å². The summed E-state index contributed by atoms with van der Waals surface area (Å²) >= 11 is 3.96. The molecule has 464 valence electrons. The number of benzene rings is 4. The van der Waals surface area contributed by atoms with Crippen LogP contribution in [0, 0.1) is 0 Å². The maximum Gasteiger partial charge on any atom is 2.00 e. The van der Waals surface area contributed by atoms with Crippen molar-refractivity contribution in [2.24, 2.45) is 0 Å². The first-order valence-electron chi connectivity index (χ1n) is 33.8. The predicted octanol–water partition coefficient (Wildman–Crippen LogP) is 25.9. The van der Waals surface area contributed by atoms with Crippen LogP contribution in [0.15, 0.2) is 117 Å². The summed E-state index contributed by atoms with van der Waals surface area (Å²) in [6.07, 6.45) is 58.2. The molecular formula is C72H116O4P2S4Zn. The van der Waals surface area contributed by atoms with Gasteiger partial charge in [-0.25, -0.2) is 0 Å². The molecule has 11 heteroatoms. The molecule has 83 heavy (non-hydrogen) atoms. The van der Waals surface area contributed by atoms with E-state index in [0.717, 1.165) is 90.8 Å². The number of hydrogen-bond acceptors (Lipinski definition) is 8. The molecule has 4 aromatic carbocycles. The molecule has 0 aliphatic heterocycles. The molecule has 0 N–H and O–H groups in total. The first-order valence-corrected chi connectivity index (χ1v) is 42.7. The predicted molar refractivity (Wildman–Crippen MR) is 367 cm³/mol. The number of hydrogen-bond donors (Lipinski definition) is 0. The largest absolute Gasteiger partial charge is 2.00 e. The van der Waals surface area contributed by atoms with Gasteiger partial charge in [-0.1, -0.05) is 353 Å². The van der Waals surface area contributed by atoms with Crippen LogP contribution in [0.25, 0.3) is 0 Å². The minimum absolute atomic E-state index is 0. The summed E-state index contributed by atoms with van der Waals surface area (Å²) in [5.41, 5.74) is 5.22.